The van der Waals surface area contributed by atoms with Crippen LogP contribution < -0.4 is 0 Å². The van der Waals surface area contributed by atoms with Gasteiger partial charge in [-0.1, -0.05) is 0 Å². The minimum atomic E-state index is 0.458. The second-order valence-electron chi connectivity index (χ2n) is 7.72. The summed E-state index contributed by atoms with van der Waals surface area (Å²) in [5.41, 5.74) is 3.38. The number of rotatable bonds is 5. The fourth-order valence-corrected chi connectivity index (χ4v) is 3.98. The number of piperidine rings is 1. The molecule has 0 bridgehead atoms. The van der Waals surface area contributed by atoms with Gasteiger partial charge in [0.15, 0.2) is 11.5 Å². The van der Waals surface area contributed by atoms with Gasteiger partial charge in [-0.3, -0.25) is 0 Å². The number of hydrogen-bond donors (Lipinski definition) is 0. The molecule has 5 rings (SSSR count). The molecule has 0 amide bonds. The van der Waals surface area contributed by atoms with Crippen LogP contribution in [0.4, 0.5) is 0 Å². The summed E-state index contributed by atoms with van der Waals surface area (Å²) in [5, 5.41) is 13.7. The SMILES string of the molecule is Cn1cncc1CCN1CCC(c2nnc3ccc(C4CC4)nn23)CC1. The molecular weight excluding hydrogens is 326 g/mol. The number of hydrogen-bond acceptors (Lipinski definition) is 5. The van der Waals surface area contributed by atoms with E-state index in [9.17, 15) is 0 Å². The van der Waals surface area contributed by atoms with E-state index in [4.69, 9.17) is 5.10 Å². The Morgan fingerprint density at radius 3 is 2.62 bits per heavy atom. The van der Waals surface area contributed by atoms with Crippen LogP contribution in [0.5, 0.6) is 0 Å². The zero-order valence-corrected chi connectivity index (χ0v) is 15.3. The number of aryl methyl sites for hydroxylation is 1. The normalized spacial score (nSPS) is 19.4. The Kier molecular flexibility index (Phi) is 3.96. The molecule has 26 heavy (non-hydrogen) atoms. The van der Waals surface area contributed by atoms with E-state index in [1.165, 1.54) is 24.2 Å². The number of nitrogens with zero attached hydrogens (tertiary/aromatic N) is 7. The van der Waals surface area contributed by atoms with Crippen molar-refractivity contribution in [2.45, 2.75) is 43.9 Å². The van der Waals surface area contributed by atoms with E-state index in [0.717, 1.165) is 50.4 Å². The van der Waals surface area contributed by atoms with Crippen molar-refractivity contribution in [2.24, 2.45) is 7.05 Å². The minimum absolute atomic E-state index is 0.458. The van der Waals surface area contributed by atoms with Gasteiger partial charge >= 0.3 is 0 Å². The lowest BCUT2D eigenvalue weighted by Crippen LogP contribution is -2.35. The van der Waals surface area contributed by atoms with Gasteiger partial charge in [0, 0.05) is 43.7 Å². The second kappa shape index (κ2) is 6.46. The van der Waals surface area contributed by atoms with Crippen molar-refractivity contribution < 1.29 is 0 Å². The maximum absolute atomic E-state index is 4.84. The molecular formula is C19H25N7. The molecule has 136 valence electrons. The molecule has 7 heteroatoms. The predicted molar refractivity (Wildman–Crippen MR) is 98.1 cm³/mol. The van der Waals surface area contributed by atoms with Crippen LogP contribution in [0.1, 0.15) is 54.7 Å². The topological polar surface area (TPSA) is 64.1 Å². The molecule has 3 aromatic rings. The van der Waals surface area contributed by atoms with Gasteiger partial charge in [-0.05, 0) is 50.9 Å². The molecule has 0 atom stereocenters. The van der Waals surface area contributed by atoms with Gasteiger partial charge in [0.1, 0.15) is 0 Å². The lowest BCUT2D eigenvalue weighted by molar-refractivity contribution is 0.209. The third-order valence-electron chi connectivity index (χ3n) is 5.86. The van der Waals surface area contributed by atoms with Crippen LogP contribution >= 0.6 is 0 Å². The van der Waals surface area contributed by atoms with Crippen molar-refractivity contribution in [3.8, 4) is 0 Å². The summed E-state index contributed by atoms with van der Waals surface area (Å²) in [5.74, 6) is 2.16. The Bertz CT molecular complexity index is 900. The summed E-state index contributed by atoms with van der Waals surface area (Å²) in [6.45, 7) is 3.32. The van der Waals surface area contributed by atoms with Crippen LogP contribution in [-0.2, 0) is 13.5 Å². The Labute approximate surface area is 153 Å². The molecule has 0 unspecified atom stereocenters. The predicted octanol–water partition coefficient (Wildman–Crippen LogP) is 2.16. The van der Waals surface area contributed by atoms with E-state index in [1.54, 1.807) is 0 Å². The van der Waals surface area contributed by atoms with E-state index in [0.29, 0.717) is 11.8 Å². The maximum Gasteiger partial charge on any atom is 0.177 e. The average Bonchev–Trinajstić information content (AvgIpc) is 3.31. The molecule has 7 nitrogen and oxygen atoms in total. The zero-order chi connectivity index (χ0) is 17.5. The van der Waals surface area contributed by atoms with Crippen molar-refractivity contribution in [2.75, 3.05) is 19.6 Å². The first-order valence-electron chi connectivity index (χ1n) is 9.68. The van der Waals surface area contributed by atoms with E-state index >= 15 is 0 Å². The van der Waals surface area contributed by atoms with Crippen LogP contribution in [0.15, 0.2) is 24.7 Å². The Morgan fingerprint density at radius 1 is 1.04 bits per heavy atom. The molecule has 1 aliphatic carbocycles. The quantitative estimate of drug-likeness (QED) is 0.705. The first-order chi connectivity index (χ1) is 12.8. The van der Waals surface area contributed by atoms with Crippen molar-refractivity contribution in [1.29, 1.82) is 0 Å². The summed E-state index contributed by atoms with van der Waals surface area (Å²) in [6, 6.07) is 4.19. The smallest absolute Gasteiger partial charge is 0.177 e. The lowest BCUT2D eigenvalue weighted by Gasteiger charge is -2.31. The van der Waals surface area contributed by atoms with Gasteiger partial charge in [0.25, 0.3) is 0 Å². The van der Waals surface area contributed by atoms with E-state index in [2.05, 4.69) is 43.8 Å². The van der Waals surface area contributed by atoms with E-state index in [1.807, 2.05) is 17.0 Å². The highest BCUT2D eigenvalue weighted by atomic mass is 15.4. The highest BCUT2D eigenvalue weighted by Gasteiger charge is 2.28. The van der Waals surface area contributed by atoms with Gasteiger partial charge in [-0.25, -0.2) is 4.98 Å². The second-order valence-corrected chi connectivity index (χ2v) is 7.72. The van der Waals surface area contributed by atoms with Gasteiger partial charge in [-0.15, -0.1) is 10.2 Å². The molecule has 4 heterocycles. The molecule has 0 radical (unpaired) electrons. The number of fused-ring (bicyclic) bond motifs is 1. The summed E-state index contributed by atoms with van der Waals surface area (Å²) < 4.78 is 4.11. The number of likely N-dealkylation sites (tertiary alicyclic amines) is 1. The molecule has 2 aliphatic rings. The van der Waals surface area contributed by atoms with Crippen LogP contribution in [0.25, 0.3) is 5.65 Å². The summed E-state index contributed by atoms with van der Waals surface area (Å²) >= 11 is 0. The van der Waals surface area contributed by atoms with Gasteiger partial charge < -0.3 is 9.47 Å². The molecule has 1 saturated heterocycles. The van der Waals surface area contributed by atoms with Crippen molar-refractivity contribution in [1.82, 2.24) is 34.3 Å². The van der Waals surface area contributed by atoms with Crippen molar-refractivity contribution in [3.63, 3.8) is 0 Å². The van der Waals surface area contributed by atoms with Crippen LogP contribution in [0.3, 0.4) is 0 Å². The molecule has 1 aliphatic heterocycles. The Morgan fingerprint density at radius 2 is 1.88 bits per heavy atom. The van der Waals surface area contributed by atoms with E-state index in [-0.39, 0.29) is 0 Å². The molecule has 0 spiro atoms. The van der Waals surface area contributed by atoms with Crippen LogP contribution in [0.2, 0.25) is 0 Å². The average molecular weight is 351 g/mol. The monoisotopic (exact) mass is 351 g/mol. The van der Waals surface area contributed by atoms with Crippen LogP contribution in [0, 0.1) is 0 Å². The first-order valence-corrected chi connectivity index (χ1v) is 9.68. The number of imidazole rings is 1. The summed E-state index contributed by atoms with van der Waals surface area (Å²) in [6.07, 6.45) is 9.69. The van der Waals surface area contributed by atoms with Gasteiger partial charge in [0.05, 0.1) is 12.0 Å². The van der Waals surface area contributed by atoms with Crippen LogP contribution in [-0.4, -0.2) is 53.9 Å². The fourth-order valence-electron chi connectivity index (χ4n) is 3.98. The number of aromatic nitrogens is 6. The highest BCUT2D eigenvalue weighted by Crippen LogP contribution is 2.39. The van der Waals surface area contributed by atoms with Gasteiger partial charge in [0.2, 0.25) is 0 Å². The molecule has 0 N–H and O–H groups in total. The van der Waals surface area contributed by atoms with Crippen molar-refractivity contribution >= 4 is 5.65 Å². The Hall–Kier alpha value is -2.28. The molecule has 2 fully saturated rings. The Balaban J connectivity index is 1.24. The molecule has 1 saturated carbocycles. The summed E-state index contributed by atoms with van der Waals surface area (Å²) in [7, 11) is 2.06. The molecule has 0 aromatic carbocycles. The third-order valence-corrected chi connectivity index (χ3v) is 5.86. The first kappa shape index (κ1) is 15.9. The van der Waals surface area contributed by atoms with Gasteiger partial charge in [-0.2, -0.15) is 9.61 Å². The highest BCUT2D eigenvalue weighted by molar-refractivity contribution is 5.38. The standard InChI is InChI=1S/C19H25N7/c1-24-13-20-12-16(24)8-11-25-9-6-15(7-10-25)19-22-21-18-5-4-17(14-2-3-14)23-26(18)19/h4-5,12-15H,2-3,6-11H2,1H3. The lowest BCUT2D eigenvalue weighted by atomic mass is 9.96. The maximum atomic E-state index is 4.84. The fraction of sp³-hybridized carbons (Fsp3) is 0.579. The van der Waals surface area contributed by atoms with Crippen molar-refractivity contribution in [3.05, 3.63) is 41.9 Å². The zero-order valence-electron chi connectivity index (χ0n) is 15.3. The largest absolute Gasteiger partial charge is 0.338 e. The van der Waals surface area contributed by atoms with E-state index < -0.39 is 0 Å². The third kappa shape index (κ3) is 3.00. The summed E-state index contributed by atoms with van der Waals surface area (Å²) in [4.78, 5) is 6.75. The molecule has 3 aromatic heterocycles. The minimum Gasteiger partial charge on any atom is -0.338 e.